The molecule has 0 spiro atoms. The average Bonchev–Trinajstić information content (AvgIpc) is 2.38. The first-order valence-electron chi connectivity index (χ1n) is 6.25. The molecule has 2 rings (SSSR count). The van der Waals surface area contributed by atoms with E-state index in [-0.39, 0.29) is 17.3 Å². The molecular weight excluding hydrogens is 315 g/mol. The molecule has 1 N–H and O–H groups in total. The number of hydrogen-bond acceptors (Lipinski definition) is 3. The summed E-state index contributed by atoms with van der Waals surface area (Å²) in [6, 6.07) is 6.31. The van der Waals surface area contributed by atoms with Crippen LogP contribution in [0.1, 0.15) is 13.0 Å². The molecule has 7 heteroatoms. The van der Waals surface area contributed by atoms with E-state index in [0.29, 0.717) is 10.6 Å². The topological polar surface area (TPSA) is 64.1 Å². The maximum atomic E-state index is 12.6. The molecule has 1 aromatic carbocycles. The van der Waals surface area contributed by atoms with Crippen LogP contribution in [0.3, 0.4) is 0 Å². The van der Waals surface area contributed by atoms with Crippen molar-refractivity contribution in [3.05, 3.63) is 55.3 Å². The molecule has 1 heterocycles. The zero-order valence-corrected chi connectivity index (χ0v) is 13.0. The second-order valence-electron chi connectivity index (χ2n) is 4.61. The summed E-state index contributed by atoms with van der Waals surface area (Å²) in [6.07, 6.45) is 0. The molecule has 0 fully saturated rings. The average molecular weight is 329 g/mol. The van der Waals surface area contributed by atoms with Gasteiger partial charge in [-0.05, 0) is 24.6 Å². The lowest BCUT2D eigenvalue weighted by molar-refractivity contribution is 0.159. The van der Waals surface area contributed by atoms with Gasteiger partial charge in [-0.1, -0.05) is 35.3 Å². The molecule has 0 saturated carbocycles. The van der Waals surface area contributed by atoms with Crippen molar-refractivity contribution in [2.24, 2.45) is 0 Å². The van der Waals surface area contributed by atoms with E-state index in [2.05, 4.69) is 4.98 Å². The number of benzene rings is 1. The molecule has 0 radical (unpaired) electrons. The van der Waals surface area contributed by atoms with E-state index < -0.39 is 17.3 Å². The molecule has 0 amide bonds. The van der Waals surface area contributed by atoms with E-state index in [9.17, 15) is 9.59 Å². The van der Waals surface area contributed by atoms with Gasteiger partial charge in [0.15, 0.2) is 0 Å². The van der Waals surface area contributed by atoms with Crippen LogP contribution in [-0.4, -0.2) is 23.3 Å². The van der Waals surface area contributed by atoms with E-state index in [1.807, 2.05) is 0 Å². The van der Waals surface area contributed by atoms with Gasteiger partial charge in [-0.3, -0.25) is 14.3 Å². The number of rotatable bonds is 4. The van der Waals surface area contributed by atoms with Crippen molar-refractivity contribution in [2.45, 2.75) is 13.0 Å². The highest BCUT2D eigenvalue weighted by atomic mass is 35.5. The second-order valence-corrected chi connectivity index (χ2v) is 5.42. The van der Waals surface area contributed by atoms with E-state index in [1.54, 1.807) is 31.2 Å². The Kier molecular flexibility index (Phi) is 4.88. The minimum Gasteiger partial charge on any atom is -0.383 e. The number of ether oxygens (including phenoxy) is 1. The highest BCUT2D eigenvalue weighted by molar-refractivity contribution is 6.32. The standard InChI is InChI=1S/C14H14Cl2N2O3/c1-8(7-21-2)18-13(19)11(12(16)17-14(18)20)9-4-3-5-10(15)6-9/h3-6,8H,7H2,1-2H3,(H,17,20). The van der Waals surface area contributed by atoms with Gasteiger partial charge in [0.05, 0.1) is 18.2 Å². The summed E-state index contributed by atoms with van der Waals surface area (Å²) < 4.78 is 6.09. The molecule has 1 unspecified atom stereocenters. The summed E-state index contributed by atoms with van der Waals surface area (Å²) in [5.41, 5.74) is -0.287. The van der Waals surface area contributed by atoms with Crippen molar-refractivity contribution in [2.75, 3.05) is 13.7 Å². The van der Waals surface area contributed by atoms with Gasteiger partial charge in [0.2, 0.25) is 0 Å². The lowest BCUT2D eigenvalue weighted by Crippen LogP contribution is -2.39. The molecular formula is C14H14Cl2N2O3. The number of halogens is 2. The van der Waals surface area contributed by atoms with E-state index in [4.69, 9.17) is 27.9 Å². The highest BCUT2D eigenvalue weighted by Crippen LogP contribution is 2.24. The molecule has 0 saturated heterocycles. The molecule has 1 aromatic heterocycles. The van der Waals surface area contributed by atoms with E-state index in [1.165, 1.54) is 7.11 Å². The van der Waals surface area contributed by atoms with Crippen LogP contribution in [0.15, 0.2) is 33.9 Å². The first-order chi connectivity index (χ1) is 9.95. The fraction of sp³-hybridized carbons (Fsp3) is 0.286. The van der Waals surface area contributed by atoms with Gasteiger partial charge in [0.1, 0.15) is 5.15 Å². The molecule has 0 aliphatic heterocycles. The van der Waals surface area contributed by atoms with Gasteiger partial charge >= 0.3 is 5.69 Å². The Morgan fingerprint density at radius 3 is 2.67 bits per heavy atom. The zero-order valence-electron chi connectivity index (χ0n) is 11.5. The third-order valence-electron chi connectivity index (χ3n) is 3.05. The third kappa shape index (κ3) is 3.20. The third-order valence-corrected chi connectivity index (χ3v) is 3.57. The van der Waals surface area contributed by atoms with Crippen LogP contribution in [0.2, 0.25) is 10.2 Å². The van der Waals surface area contributed by atoms with Gasteiger partial charge in [-0.25, -0.2) is 4.79 Å². The zero-order chi connectivity index (χ0) is 15.6. The summed E-state index contributed by atoms with van der Waals surface area (Å²) in [5, 5.41) is 0.471. The van der Waals surface area contributed by atoms with Crippen LogP contribution < -0.4 is 11.2 Å². The Hall–Kier alpha value is -1.56. The van der Waals surface area contributed by atoms with Crippen molar-refractivity contribution in [3.63, 3.8) is 0 Å². The molecule has 5 nitrogen and oxygen atoms in total. The van der Waals surface area contributed by atoms with Gasteiger partial charge in [0.25, 0.3) is 5.56 Å². The summed E-state index contributed by atoms with van der Waals surface area (Å²) in [7, 11) is 1.50. The van der Waals surface area contributed by atoms with Crippen LogP contribution in [0.4, 0.5) is 0 Å². The number of H-pyrrole nitrogens is 1. The number of hydrogen-bond donors (Lipinski definition) is 1. The molecule has 0 aliphatic rings. The summed E-state index contributed by atoms with van der Waals surface area (Å²) in [6.45, 7) is 1.95. The fourth-order valence-corrected chi connectivity index (χ4v) is 2.59. The van der Waals surface area contributed by atoms with Crippen LogP contribution >= 0.6 is 23.2 Å². The Morgan fingerprint density at radius 1 is 1.33 bits per heavy atom. The lowest BCUT2D eigenvalue weighted by Gasteiger charge is -2.15. The lowest BCUT2D eigenvalue weighted by atomic mass is 10.1. The van der Waals surface area contributed by atoms with Crippen molar-refractivity contribution < 1.29 is 4.74 Å². The van der Waals surface area contributed by atoms with Gasteiger partial charge < -0.3 is 4.74 Å². The highest BCUT2D eigenvalue weighted by Gasteiger charge is 2.18. The number of nitrogens with one attached hydrogen (secondary N) is 1. The largest absolute Gasteiger partial charge is 0.383 e. The normalized spacial score (nSPS) is 12.4. The number of nitrogens with zero attached hydrogens (tertiary/aromatic N) is 1. The second kappa shape index (κ2) is 6.47. The van der Waals surface area contributed by atoms with Crippen molar-refractivity contribution in [1.82, 2.24) is 9.55 Å². The molecule has 0 bridgehead atoms. The van der Waals surface area contributed by atoms with Gasteiger partial charge in [0, 0.05) is 12.1 Å². The molecule has 1 atom stereocenters. The Balaban J connectivity index is 2.71. The monoisotopic (exact) mass is 328 g/mol. The fourth-order valence-electron chi connectivity index (χ4n) is 2.13. The maximum Gasteiger partial charge on any atom is 0.329 e. The molecule has 112 valence electrons. The van der Waals surface area contributed by atoms with Crippen molar-refractivity contribution in [1.29, 1.82) is 0 Å². The molecule has 0 aliphatic carbocycles. The quantitative estimate of drug-likeness (QED) is 0.877. The van der Waals surface area contributed by atoms with Crippen LogP contribution in [-0.2, 0) is 4.74 Å². The molecule has 21 heavy (non-hydrogen) atoms. The summed E-state index contributed by atoms with van der Waals surface area (Å²) in [4.78, 5) is 27.0. The smallest absolute Gasteiger partial charge is 0.329 e. The number of methoxy groups -OCH3 is 1. The van der Waals surface area contributed by atoms with Crippen molar-refractivity contribution >= 4 is 23.2 Å². The summed E-state index contributed by atoms with van der Waals surface area (Å²) in [5.74, 6) is 0. The van der Waals surface area contributed by atoms with Crippen LogP contribution in [0.5, 0.6) is 0 Å². The van der Waals surface area contributed by atoms with Gasteiger partial charge in [-0.2, -0.15) is 0 Å². The predicted octanol–water partition coefficient (Wildman–Crippen LogP) is 2.72. The Morgan fingerprint density at radius 2 is 2.05 bits per heavy atom. The predicted molar refractivity (Wildman–Crippen MR) is 83.4 cm³/mol. The van der Waals surface area contributed by atoms with Crippen LogP contribution in [0, 0.1) is 0 Å². The minimum absolute atomic E-state index is 0.00636. The van der Waals surface area contributed by atoms with Crippen LogP contribution in [0.25, 0.3) is 11.1 Å². The van der Waals surface area contributed by atoms with Gasteiger partial charge in [-0.15, -0.1) is 0 Å². The Labute approximate surface area is 131 Å². The molecule has 2 aromatic rings. The maximum absolute atomic E-state index is 12.6. The first-order valence-corrected chi connectivity index (χ1v) is 7.00. The number of aromatic amines is 1. The number of aromatic nitrogens is 2. The van der Waals surface area contributed by atoms with E-state index >= 15 is 0 Å². The van der Waals surface area contributed by atoms with Crippen molar-refractivity contribution in [3.8, 4) is 11.1 Å². The summed E-state index contributed by atoms with van der Waals surface area (Å²) >= 11 is 12.0. The Bertz CT molecular complexity index is 768. The minimum atomic E-state index is -0.569. The first kappa shape index (κ1) is 15.8. The van der Waals surface area contributed by atoms with E-state index in [0.717, 1.165) is 4.57 Å². The SMILES string of the molecule is COCC(C)n1c(=O)[nH]c(Cl)c(-c2cccc(Cl)c2)c1=O.